The maximum atomic E-state index is 12.3. The quantitative estimate of drug-likeness (QED) is 0.914. The molecule has 2 heterocycles. The summed E-state index contributed by atoms with van der Waals surface area (Å²) in [5.41, 5.74) is 2.67. The lowest BCUT2D eigenvalue weighted by molar-refractivity contribution is -0.120. The van der Waals surface area contributed by atoms with Crippen LogP contribution < -0.4 is 5.32 Å². The Bertz CT molecular complexity index is 641. The van der Waals surface area contributed by atoms with Crippen LogP contribution in [-0.2, 0) is 4.79 Å². The van der Waals surface area contributed by atoms with Crippen molar-refractivity contribution in [1.29, 1.82) is 0 Å². The molecule has 0 radical (unpaired) electrons. The fourth-order valence-electron chi connectivity index (χ4n) is 2.93. The third kappa shape index (κ3) is 2.53. The van der Waals surface area contributed by atoms with Gasteiger partial charge in [-0.15, -0.1) is 0 Å². The van der Waals surface area contributed by atoms with Crippen LogP contribution in [0.3, 0.4) is 0 Å². The van der Waals surface area contributed by atoms with Crippen molar-refractivity contribution < 1.29 is 4.79 Å². The molecule has 0 spiro atoms. The highest BCUT2D eigenvalue weighted by Gasteiger charge is 2.21. The molecule has 3 rings (SSSR count). The van der Waals surface area contributed by atoms with Crippen LogP contribution in [0.2, 0.25) is 0 Å². The summed E-state index contributed by atoms with van der Waals surface area (Å²) in [7, 11) is 0. The van der Waals surface area contributed by atoms with Crippen molar-refractivity contribution in [2.45, 2.75) is 46.0 Å². The second kappa shape index (κ2) is 5.23. The van der Waals surface area contributed by atoms with E-state index in [9.17, 15) is 4.79 Å². The summed E-state index contributed by atoms with van der Waals surface area (Å²) >= 11 is 0. The summed E-state index contributed by atoms with van der Waals surface area (Å²) in [5, 5.41) is 7.34. The van der Waals surface area contributed by atoms with Crippen molar-refractivity contribution >= 4 is 17.2 Å². The van der Waals surface area contributed by atoms with Crippen LogP contribution in [0.4, 0.5) is 5.69 Å². The maximum absolute atomic E-state index is 12.3. The number of aromatic nitrogens is 3. The Kier molecular flexibility index (Phi) is 3.42. The first-order chi connectivity index (χ1) is 9.63. The molecule has 0 aliphatic heterocycles. The fraction of sp³-hybridized carbons (Fsp3) is 0.533. The zero-order chi connectivity index (χ0) is 14.1. The molecule has 2 aromatic rings. The monoisotopic (exact) mass is 272 g/mol. The van der Waals surface area contributed by atoms with Crippen LogP contribution in [-0.4, -0.2) is 20.5 Å². The number of nitrogens with zero attached hydrogens (tertiary/aromatic N) is 3. The molecule has 1 N–H and O–H groups in total. The number of hydrogen-bond acceptors (Lipinski definition) is 3. The average molecular weight is 272 g/mol. The summed E-state index contributed by atoms with van der Waals surface area (Å²) in [6, 6.07) is 1.96. The molecule has 5 nitrogen and oxygen atoms in total. The zero-order valence-electron chi connectivity index (χ0n) is 12.0. The Morgan fingerprint density at radius 2 is 2.05 bits per heavy atom. The second-order valence-electron chi connectivity index (χ2n) is 5.66. The molecular weight excluding hydrogens is 252 g/mol. The van der Waals surface area contributed by atoms with Crippen molar-refractivity contribution in [3.63, 3.8) is 0 Å². The van der Waals surface area contributed by atoms with Crippen molar-refractivity contribution in [3.05, 3.63) is 23.7 Å². The molecule has 1 amide bonds. The number of amides is 1. The van der Waals surface area contributed by atoms with Gasteiger partial charge in [0.15, 0.2) is 5.65 Å². The molecule has 1 saturated carbocycles. The van der Waals surface area contributed by atoms with Gasteiger partial charge >= 0.3 is 0 Å². The number of hydrogen-bond donors (Lipinski definition) is 1. The molecule has 0 unspecified atom stereocenters. The van der Waals surface area contributed by atoms with Gasteiger partial charge in [-0.1, -0.05) is 19.3 Å². The third-order valence-electron chi connectivity index (χ3n) is 3.97. The summed E-state index contributed by atoms with van der Waals surface area (Å²) < 4.78 is 1.74. The first-order valence-corrected chi connectivity index (χ1v) is 7.28. The van der Waals surface area contributed by atoms with E-state index in [1.165, 1.54) is 19.3 Å². The molecule has 1 aliphatic carbocycles. The van der Waals surface area contributed by atoms with Gasteiger partial charge in [0.05, 0.1) is 11.9 Å². The lowest BCUT2D eigenvalue weighted by atomic mass is 9.88. The highest BCUT2D eigenvalue weighted by Crippen LogP contribution is 2.25. The molecular formula is C15H20N4O. The van der Waals surface area contributed by atoms with Gasteiger partial charge in [0, 0.05) is 5.92 Å². The van der Waals surface area contributed by atoms with Gasteiger partial charge in [-0.05, 0) is 38.3 Å². The van der Waals surface area contributed by atoms with Gasteiger partial charge in [-0.3, -0.25) is 4.79 Å². The molecule has 0 bridgehead atoms. The predicted octanol–water partition coefficient (Wildman–Crippen LogP) is 2.86. The second-order valence-corrected chi connectivity index (χ2v) is 5.66. The smallest absolute Gasteiger partial charge is 0.227 e. The van der Waals surface area contributed by atoms with Crippen LogP contribution in [0.1, 0.15) is 43.5 Å². The SMILES string of the molecule is Cc1nc2c(C)cc(NC(=O)C3CCCCC3)cn2n1. The highest BCUT2D eigenvalue weighted by atomic mass is 16.1. The minimum atomic E-state index is 0.139. The molecule has 5 heteroatoms. The van der Waals surface area contributed by atoms with Gasteiger partial charge in [0.1, 0.15) is 5.82 Å². The molecule has 20 heavy (non-hydrogen) atoms. The maximum Gasteiger partial charge on any atom is 0.227 e. The number of carbonyl (C=O) groups is 1. The van der Waals surface area contributed by atoms with E-state index in [1.807, 2.05) is 26.1 Å². The van der Waals surface area contributed by atoms with Crippen LogP contribution in [0.15, 0.2) is 12.3 Å². The number of rotatable bonds is 2. The zero-order valence-corrected chi connectivity index (χ0v) is 12.0. The first kappa shape index (κ1) is 13.1. The van der Waals surface area contributed by atoms with E-state index in [4.69, 9.17) is 0 Å². The molecule has 0 aromatic carbocycles. The van der Waals surface area contributed by atoms with Gasteiger partial charge < -0.3 is 5.32 Å². The Labute approximate surface area is 118 Å². The summed E-state index contributed by atoms with van der Waals surface area (Å²) in [6.07, 6.45) is 7.44. The van der Waals surface area contributed by atoms with Gasteiger partial charge in [0.25, 0.3) is 0 Å². The van der Waals surface area contributed by atoms with E-state index in [0.717, 1.165) is 35.6 Å². The molecule has 0 saturated heterocycles. The first-order valence-electron chi connectivity index (χ1n) is 7.28. The van der Waals surface area contributed by atoms with E-state index in [-0.39, 0.29) is 11.8 Å². The van der Waals surface area contributed by atoms with Crippen molar-refractivity contribution in [2.75, 3.05) is 5.32 Å². The predicted molar refractivity (Wildman–Crippen MR) is 77.7 cm³/mol. The van der Waals surface area contributed by atoms with Crippen molar-refractivity contribution in [3.8, 4) is 0 Å². The number of pyridine rings is 1. The molecule has 1 aliphatic rings. The normalized spacial score (nSPS) is 16.5. The number of nitrogens with one attached hydrogen (secondary N) is 1. The number of carbonyl (C=O) groups excluding carboxylic acids is 1. The molecule has 1 fully saturated rings. The van der Waals surface area contributed by atoms with Crippen LogP contribution in [0.5, 0.6) is 0 Å². The number of aryl methyl sites for hydroxylation is 2. The van der Waals surface area contributed by atoms with E-state index in [2.05, 4.69) is 15.4 Å². The van der Waals surface area contributed by atoms with Gasteiger partial charge in [-0.2, -0.15) is 5.10 Å². The lowest BCUT2D eigenvalue weighted by Gasteiger charge is -2.20. The van der Waals surface area contributed by atoms with Gasteiger partial charge in [0.2, 0.25) is 5.91 Å². The van der Waals surface area contributed by atoms with Crippen LogP contribution in [0, 0.1) is 19.8 Å². The van der Waals surface area contributed by atoms with E-state index >= 15 is 0 Å². The minimum absolute atomic E-state index is 0.139. The number of fused-ring (bicyclic) bond motifs is 1. The van der Waals surface area contributed by atoms with Crippen LogP contribution >= 0.6 is 0 Å². The highest BCUT2D eigenvalue weighted by molar-refractivity contribution is 5.92. The van der Waals surface area contributed by atoms with Crippen molar-refractivity contribution in [1.82, 2.24) is 14.6 Å². The summed E-state index contributed by atoms with van der Waals surface area (Å²) in [6.45, 7) is 3.85. The Balaban J connectivity index is 1.81. The standard InChI is InChI=1S/C15H20N4O/c1-10-8-13(9-19-14(10)16-11(2)18-19)17-15(20)12-6-4-3-5-7-12/h8-9,12H,3-7H2,1-2H3,(H,17,20). The third-order valence-corrected chi connectivity index (χ3v) is 3.97. The Hall–Kier alpha value is -1.91. The molecule has 0 atom stereocenters. The van der Waals surface area contributed by atoms with E-state index in [0.29, 0.717) is 0 Å². The van der Waals surface area contributed by atoms with Gasteiger partial charge in [-0.25, -0.2) is 9.50 Å². The summed E-state index contributed by atoms with van der Waals surface area (Å²) in [4.78, 5) is 16.6. The average Bonchev–Trinajstić information content (AvgIpc) is 2.81. The fourth-order valence-corrected chi connectivity index (χ4v) is 2.93. The largest absolute Gasteiger partial charge is 0.324 e. The van der Waals surface area contributed by atoms with E-state index in [1.54, 1.807) is 4.52 Å². The summed E-state index contributed by atoms with van der Waals surface area (Å²) in [5.74, 6) is 1.04. The molecule has 106 valence electrons. The lowest BCUT2D eigenvalue weighted by Crippen LogP contribution is -2.24. The molecule has 2 aromatic heterocycles. The number of anilines is 1. The van der Waals surface area contributed by atoms with Crippen LogP contribution in [0.25, 0.3) is 5.65 Å². The minimum Gasteiger partial charge on any atom is -0.324 e. The Morgan fingerprint density at radius 1 is 1.30 bits per heavy atom. The topological polar surface area (TPSA) is 59.3 Å². The Morgan fingerprint density at radius 3 is 2.80 bits per heavy atom. The van der Waals surface area contributed by atoms with E-state index < -0.39 is 0 Å². The van der Waals surface area contributed by atoms with Crippen molar-refractivity contribution in [2.24, 2.45) is 5.92 Å².